The minimum absolute atomic E-state index is 0.00969. The fourth-order valence-corrected chi connectivity index (χ4v) is 4.31. The molecule has 1 aliphatic heterocycles. The van der Waals surface area contributed by atoms with Crippen molar-refractivity contribution in [3.05, 3.63) is 18.0 Å². The Bertz CT molecular complexity index is 549. The van der Waals surface area contributed by atoms with Crippen LogP contribution in [0.4, 0.5) is 0 Å². The van der Waals surface area contributed by atoms with Gasteiger partial charge in [0.05, 0.1) is 23.6 Å². The van der Waals surface area contributed by atoms with E-state index < -0.39 is 21.7 Å². The van der Waals surface area contributed by atoms with Gasteiger partial charge >= 0.3 is 5.97 Å². The minimum Gasteiger partial charge on any atom is -0.481 e. The normalized spacial score (nSPS) is 23.9. The zero-order chi connectivity index (χ0) is 13.3. The van der Waals surface area contributed by atoms with E-state index in [9.17, 15) is 18.3 Å². The molecular weight excluding hydrogens is 256 g/mol. The SMILES string of the molecule is Cn1cc(CC(C(=O)O)C2CCS(=O)(=O)C2)cn1. The van der Waals surface area contributed by atoms with Crippen molar-refractivity contribution in [2.75, 3.05) is 11.5 Å². The molecule has 1 N–H and O–H groups in total. The van der Waals surface area contributed by atoms with Gasteiger partial charge in [-0.15, -0.1) is 0 Å². The van der Waals surface area contributed by atoms with E-state index in [2.05, 4.69) is 5.10 Å². The molecular formula is C11H16N2O4S. The molecule has 2 rings (SSSR count). The molecule has 100 valence electrons. The predicted octanol–water partition coefficient (Wildman–Crippen LogP) is 0.0981. The number of nitrogens with zero attached hydrogens (tertiary/aromatic N) is 2. The van der Waals surface area contributed by atoms with E-state index in [1.54, 1.807) is 24.1 Å². The molecule has 6 nitrogen and oxygen atoms in total. The summed E-state index contributed by atoms with van der Waals surface area (Å²) in [5, 5.41) is 13.2. The van der Waals surface area contributed by atoms with Gasteiger partial charge in [-0.3, -0.25) is 9.48 Å². The first-order chi connectivity index (χ1) is 8.37. The van der Waals surface area contributed by atoms with Gasteiger partial charge in [0.25, 0.3) is 0 Å². The summed E-state index contributed by atoms with van der Waals surface area (Å²) in [4.78, 5) is 11.3. The quantitative estimate of drug-likeness (QED) is 0.839. The molecule has 0 radical (unpaired) electrons. The molecule has 1 aromatic rings. The average Bonchev–Trinajstić information content (AvgIpc) is 2.81. The van der Waals surface area contributed by atoms with Crippen LogP contribution >= 0.6 is 0 Å². The number of hydrogen-bond donors (Lipinski definition) is 1. The highest BCUT2D eigenvalue weighted by molar-refractivity contribution is 7.91. The van der Waals surface area contributed by atoms with E-state index in [1.807, 2.05) is 0 Å². The molecule has 18 heavy (non-hydrogen) atoms. The number of carboxylic acids is 1. The maximum absolute atomic E-state index is 11.4. The summed E-state index contributed by atoms with van der Waals surface area (Å²) < 4.78 is 24.4. The molecule has 0 saturated carbocycles. The lowest BCUT2D eigenvalue weighted by Crippen LogP contribution is -2.26. The van der Waals surface area contributed by atoms with Crippen molar-refractivity contribution >= 4 is 15.8 Å². The fourth-order valence-electron chi connectivity index (χ4n) is 2.43. The number of aliphatic carboxylic acids is 1. The van der Waals surface area contributed by atoms with Gasteiger partial charge in [-0.1, -0.05) is 0 Å². The minimum atomic E-state index is -3.05. The monoisotopic (exact) mass is 272 g/mol. The van der Waals surface area contributed by atoms with Crippen LogP contribution in [-0.2, 0) is 28.1 Å². The van der Waals surface area contributed by atoms with Gasteiger partial charge in [-0.25, -0.2) is 8.42 Å². The van der Waals surface area contributed by atoms with Gasteiger partial charge in [0.1, 0.15) is 0 Å². The maximum atomic E-state index is 11.4. The molecule has 1 aliphatic rings. The third-order valence-corrected chi connectivity index (χ3v) is 5.16. The molecule has 2 unspecified atom stereocenters. The van der Waals surface area contributed by atoms with Crippen molar-refractivity contribution in [3.8, 4) is 0 Å². The Balaban J connectivity index is 2.12. The van der Waals surface area contributed by atoms with Crippen molar-refractivity contribution < 1.29 is 18.3 Å². The standard InChI is InChI=1S/C11H16N2O4S/c1-13-6-8(5-12-13)4-10(11(14)15)9-2-3-18(16,17)7-9/h5-6,9-10H,2-4,7H2,1H3,(H,14,15). The number of rotatable bonds is 4. The van der Waals surface area contributed by atoms with Crippen molar-refractivity contribution in [1.29, 1.82) is 0 Å². The Labute approximate surface area is 106 Å². The van der Waals surface area contributed by atoms with Crippen LogP contribution in [0.2, 0.25) is 0 Å². The molecule has 0 amide bonds. The van der Waals surface area contributed by atoms with Gasteiger partial charge in [0, 0.05) is 13.2 Å². The zero-order valence-electron chi connectivity index (χ0n) is 10.1. The van der Waals surface area contributed by atoms with Gasteiger partial charge < -0.3 is 5.11 Å². The predicted molar refractivity (Wildman–Crippen MR) is 64.8 cm³/mol. The van der Waals surface area contributed by atoms with E-state index in [4.69, 9.17) is 0 Å². The first kappa shape index (κ1) is 13.1. The molecule has 2 heterocycles. The Morgan fingerprint density at radius 2 is 2.39 bits per heavy atom. The molecule has 0 bridgehead atoms. The Morgan fingerprint density at radius 1 is 1.67 bits per heavy atom. The highest BCUT2D eigenvalue weighted by atomic mass is 32.2. The van der Waals surface area contributed by atoms with Crippen LogP contribution in [0.15, 0.2) is 12.4 Å². The lowest BCUT2D eigenvalue weighted by atomic mass is 9.87. The maximum Gasteiger partial charge on any atom is 0.307 e. The number of aromatic nitrogens is 2. The van der Waals surface area contributed by atoms with E-state index >= 15 is 0 Å². The zero-order valence-corrected chi connectivity index (χ0v) is 10.9. The summed E-state index contributed by atoms with van der Waals surface area (Å²) in [6.45, 7) is 0. The molecule has 0 aliphatic carbocycles. The second-order valence-corrected chi connectivity index (χ2v) is 7.06. The molecule has 1 fully saturated rings. The highest BCUT2D eigenvalue weighted by Crippen LogP contribution is 2.28. The van der Waals surface area contributed by atoms with Crippen LogP contribution in [0.1, 0.15) is 12.0 Å². The second kappa shape index (κ2) is 4.72. The third kappa shape index (κ3) is 2.90. The summed E-state index contributed by atoms with van der Waals surface area (Å²) in [6.07, 6.45) is 4.17. The van der Waals surface area contributed by atoms with Crippen molar-refractivity contribution in [2.45, 2.75) is 12.8 Å². The van der Waals surface area contributed by atoms with Crippen LogP contribution in [0.5, 0.6) is 0 Å². The molecule has 0 spiro atoms. The Hall–Kier alpha value is -1.37. The smallest absolute Gasteiger partial charge is 0.307 e. The number of sulfone groups is 1. The first-order valence-corrected chi connectivity index (χ1v) is 7.60. The lowest BCUT2D eigenvalue weighted by molar-refractivity contribution is -0.143. The average molecular weight is 272 g/mol. The Kier molecular flexibility index (Phi) is 3.43. The number of carbonyl (C=O) groups is 1. The molecule has 1 saturated heterocycles. The van der Waals surface area contributed by atoms with Gasteiger partial charge in [0.15, 0.2) is 9.84 Å². The van der Waals surface area contributed by atoms with Crippen LogP contribution in [0, 0.1) is 11.8 Å². The summed E-state index contributed by atoms with van der Waals surface area (Å²) in [7, 11) is -1.28. The van der Waals surface area contributed by atoms with E-state index in [-0.39, 0.29) is 17.4 Å². The number of carboxylic acid groups (broad SMARTS) is 1. The lowest BCUT2D eigenvalue weighted by Gasteiger charge is -2.17. The van der Waals surface area contributed by atoms with Gasteiger partial charge in [-0.2, -0.15) is 5.10 Å². The second-order valence-electron chi connectivity index (χ2n) is 4.83. The fraction of sp³-hybridized carbons (Fsp3) is 0.636. The number of hydrogen-bond acceptors (Lipinski definition) is 4. The summed E-state index contributed by atoms with van der Waals surface area (Å²) in [5.41, 5.74) is 0.828. The molecule has 1 aromatic heterocycles. The topological polar surface area (TPSA) is 89.3 Å². The van der Waals surface area contributed by atoms with E-state index in [0.717, 1.165) is 5.56 Å². The summed E-state index contributed by atoms with van der Waals surface area (Å²) >= 11 is 0. The van der Waals surface area contributed by atoms with Crippen molar-refractivity contribution in [3.63, 3.8) is 0 Å². The van der Waals surface area contributed by atoms with E-state index in [1.165, 1.54) is 0 Å². The van der Waals surface area contributed by atoms with Crippen molar-refractivity contribution in [1.82, 2.24) is 9.78 Å². The summed E-state index contributed by atoms with van der Waals surface area (Å²) in [5.74, 6) is -1.77. The third-order valence-electron chi connectivity index (χ3n) is 3.37. The van der Waals surface area contributed by atoms with Crippen LogP contribution < -0.4 is 0 Å². The highest BCUT2D eigenvalue weighted by Gasteiger charge is 2.37. The largest absolute Gasteiger partial charge is 0.481 e. The van der Waals surface area contributed by atoms with Gasteiger partial charge in [-0.05, 0) is 24.3 Å². The van der Waals surface area contributed by atoms with Crippen LogP contribution in [0.3, 0.4) is 0 Å². The molecule has 7 heteroatoms. The molecule has 2 atom stereocenters. The van der Waals surface area contributed by atoms with Crippen LogP contribution in [-0.4, -0.2) is 40.8 Å². The van der Waals surface area contributed by atoms with E-state index in [0.29, 0.717) is 12.8 Å². The number of aryl methyl sites for hydroxylation is 1. The summed E-state index contributed by atoms with van der Waals surface area (Å²) in [6, 6.07) is 0. The van der Waals surface area contributed by atoms with Crippen molar-refractivity contribution in [2.24, 2.45) is 18.9 Å². The Morgan fingerprint density at radius 3 is 2.83 bits per heavy atom. The van der Waals surface area contributed by atoms with Crippen LogP contribution in [0.25, 0.3) is 0 Å². The van der Waals surface area contributed by atoms with Gasteiger partial charge in [0.2, 0.25) is 0 Å². The first-order valence-electron chi connectivity index (χ1n) is 5.78. The molecule has 0 aromatic carbocycles.